The van der Waals surface area contributed by atoms with E-state index in [4.69, 9.17) is 4.74 Å². The fraction of sp³-hybridized carbons (Fsp3) is 0.333. The Morgan fingerprint density at radius 2 is 1.56 bits per heavy atom. The fourth-order valence-electron chi connectivity index (χ4n) is 4.30. The normalized spacial score (nSPS) is 11.9. The number of anilines is 1. The van der Waals surface area contributed by atoms with Crippen molar-refractivity contribution in [3.63, 3.8) is 0 Å². The molecule has 0 saturated carbocycles. The monoisotopic (exact) mass is 551 g/mol. The number of hydrogen-bond acceptors (Lipinski definition) is 5. The maximum atomic E-state index is 13.9. The summed E-state index contributed by atoms with van der Waals surface area (Å²) in [6.07, 6.45) is 0.917. The molecule has 1 N–H and O–H groups in total. The highest BCUT2D eigenvalue weighted by atomic mass is 32.2. The van der Waals surface area contributed by atoms with Gasteiger partial charge in [0.05, 0.1) is 17.7 Å². The highest BCUT2D eigenvalue weighted by Gasteiger charge is 2.33. The van der Waals surface area contributed by atoms with Crippen LogP contribution in [0.15, 0.2) is 83.8 Å². The number of carbonyl (C=O) groups excluding carboxylic acids is 2. The lowest BCUT2D eigenvalue weighted by molar-refractivity contribution is -0.139. The van der Waals surface area contributed by atoms with Gasteiger partial charge in [-0.05, 0) is 68.7 Å². The number of nitrogens with zero attached hydrogens (tertiary/aromatic N) is 2. The number of ether oxygens (including phenoxy) is 1. The molecule has 208 valence electrons. The number of amides is 2. The van der Waals surface area contributed by atoms with Gasteiger partial charge in [0, 0.05) is 13.1 Å². The lowest BCUT2D eigenvalue weighted by Gasteiger charge is -2.33. The summed E-state index contributed by atoms with van der Waals surface area (Å²) in [5, 5.41) is 2.81. The summed E-state index contributed by atoms with van der Waals surface area (Å²) in [5.41, 5.74) is 2.33. The van der Waals surface area contributed by atoms with Crippen molar-refractivity contribution in [2.24, 2.45) is 0 Å². The molecule has 0 aliphatic carbocycles. The minimum absolute atomic E-state index is 0.0308. The molecular weight excluding hydrogens is 514 g/mol. The molecule has 0 radical (unpaired) electrons. The Hall–Kier alpha value is -3.85. The van der Waals surface area contributed by atoms with Crippen molar-refractivity contribution in [2.75, 3.05) is 31.0 Å². The molecule has 0 aliphatic rings. The number of hydrogen-bond donors (Lipinski definition) is 1. The molecular formula is C30H37N3O5S. The number of nitrogens with one attached hydrogen (secondary N) is 1. The number of rotatable bonds is 13. The van der Waals surface area contributed by atoms with Gasteiger partial charge in [-0.15, -0.1) is 0 Å². The fourth-order valence-corrected chi connectivity index (χ4v) is 5.72. The first kappa shape index (κ1) is 29.7. The third-order valence-electron chi connectivity index (χ3n) is 6.47. The average Bonchev–Trinajstić information content (AvgIpc) is 2.95. The van der Waals surface area contributed by atoms with Crippen LogP contribution in [0, 0.1) is 6.92 Å². The van der Waals surface area contributed by atoms with Crippen molar-refractivity contribution in [1.82, 2.24) is 10.2 Å². The molecule has 3 rings (SSSR count). The third-order valence-corrected chi connectivity index (χ3v) is 8.26. The lowest BCUT2D eigenvalue weighted by atomic mass is 10.1. The largest absolute Gasteiger partial charge is 0.497 e. The van der Waals surface area contributed by atoms with E-state index in [1.54, 1.807) is 36.4 Å². The minimum Gasteiger partial charge on any atom is -0.497 e. The van der Waals surface area contributed by atoms with Gasteiger partial charge in [-0.1, -0.05) is 55.0 Å². The summed E-state index contributed by atoms with van der Waals surface area (Å²) in [6, 6.07) is 21.9. The number of aryl methyl sites for hydroxylation is 1. The summed E-state index contributed by atoms with van der Waals surface area (Å²) in [5.74, 6) is -0.199. The van der Waals surface area contributed by atoms with E-state index >= 15 is 0 Å². The quantitative estimate of drug-likeness (QED) is 0.344. The Balaban J connectivity index is 2.00. The molecule has 3 aromatic rings. The van der Waals surface area contributed by atoms with Crippen molar-refractivity contribution >= 4 is 27.5 Å². The minimum atomic E-state index is -4.12. The van der Waals surface area contributed by atoms with Crippen molar-refractivity contribution in [3.8, 4) is 5.75 Å². The van der Waals surface area contributed by atoms with E-state index in [0.717, 1.165) is 15.4 Å². The Morgan fingerprint density at radius 1 is 0.923 bits per heavy atom. The van der Waals surface area contributed by atoms with Gasteiger partial charge in [0.25, 0.3) is 10.0 Å². The van der Waals surface area contributed by atoms with Gasteiger partial charge >= 0.3 is 0 Å². The van der Waals surface area contributed by atoms with Crippen LogP contribution >= 0.6 is 0 Å². The molecule has 0 aliphatic heterocycles. The van der Waals surface area contributed by atoms with E-state index in [9.17, 15) is 18.0 Å². The number of carbonyl (C=O) groups is 2. The van der Waals surface area contributed by atoms with E-state index in [-0.39, 0.29) is 17.3 Å². The van der Waals surface area contributed by atoms with Crippen LogP contribution in [-0.4, -0.2) is 57.9 Å². The molecule has 2 amide bonds. The summed E-state index contributed by atoms with van der Waals surface area (Å²) in [6.45, 7) is 5.80. The maximum Gasteiger partial charge on any atom is 0.264 e. The number of likely N-dealkylation sites (N-methyl/N-ethyl adjacent to an activating group) is 1. The highest BCUT2D eigenvalue weighted by Crippen LogP contribution is 2.26. The van der Waals surface area contributed by atoms with Gasteiger partial charge in [-0.2, -0.15) is 0 Å². The molecule has 0 bridgehead atoms. The van der Waals surface area contributed by atoms with Crippen molar-refractivity contribution in [2.45, 2.75) is 44.6 Å². The number of sulfonamides is 1. The van der Waals surface area contributed by atoms with Crippen LogP contribution in [0.4, 0.5) is 5.69 Å². The molecule has 0 aromatic heterocycles. The van der Waals surface area contributed by atoms with Crippen LogP contribution in [-0.2, 0) is 26.0 Å². The zero-order chi connectivity index (χ0) is 28.4. The van der Waals surface area contributed by atoms with Gasteiger partial charge < -0.3 is 15.0 Å². The molecule has 0 heterocycles. The van der Waals surface area contributed by atoms with E-state index < -0.39 is 28.5 Å². The van der Waals surface area contributed by atoms with Gasteiger partial charge in [0.1, 0.15) is 18.3 Å². The Morgan fingerprint density at radius 3 is 2.13 bits per heavy atom. The predicted octanol–water partition coefficient (Wildman–Crippen LogP) is 4.18. The van der Waals surface area contributed by atoms with Gasteiger partial charge in [0.2, 0.25) is 11.8 Å². The van der Waals surface area contributed by atoms with Crippen molar-refractivity contribution in [3.05, 3.63) is 90.0 Å². The van der Waals surface area contributed by atoms with Gasteiger partial charge in [0.15, 0.2) is 0 Å². The Labute approximate surface area is 231 Å². The second-order valence-electron chi connectivity index (χ2n) is 9.16. The van der Waals surface area contributed by atoms with Crippen LogP contribution in [0.25, 0.3) is 0 Å². The van der Waals surface area contributed by atoms with Crippen LogP contribution in [0.3, 0.4) is 0 Å². The van der Waals surface area contributed by atoms with Gasteiger partial charge in [-0.25, -0.2) is 8.42 Å². The molecule has 0 spiro atoms. The average molecular weight is 552 g/mol. The predicted molar refractivity (Wildman–Crippen MR) is 153 cm³/mol. The van der Waals surface area contributed by atoms with Crippen LogP contribution in [0.5, 0.6) is 5.75 Å². The van der Waals surface area contributed by atoms with Crippen LogP contribution in [0.2, 0.25) is 0 Å². The Kier molecular flexibility index (Phi) is 10.5. The third kappa shape index (κ3) is 7.60. The number of benzene rings is 3. The van der Waals surface area contributed by atoms with E-state index in [2.05, 4.69) is 5.32 Å². The van der Waals surface area contributed by atoms with Crippen molar-refractivity contribution < 1.29 is 22.7 Å². The molecule has 9 heteroatoms. The SMILES string of the molecule is CCNC(=O)[C@@H](CC)N(CCc1ccccc1)C(=O)CN(c1ccc(C)cc1)S(=O)(=O)c1ccc(OC)cc1. The zero-order valence-electron chi connectivity index (χ0n) is 23.0. The number of methoxy groups -OCH3 is 1. The van der Waals surface area contributed by atoms with Crippen LogP contribution in [0.1, 0.15) is 31.4 Å². The highest BCUT2D eigenvalue weighted by molar-refractivity contribution is 7.92. The second-order valence-corrected chi connectivity index (χ2v) is 11.0. The van der Waals surface area contributed by atoms with Crippen LogP contribution < -0.4 is 14.4 Å². The summed E-state index contributed by atoms with van der Waals surface area (Å²) in [4.78, 5) is 28.4. The lowest BCUT2D eigenvalue weighted by Crippen LogP contribution is -2.53. The summed E-state index contributed by atoms with van der Waals surface area (Å²) < 4.78 is 34.0. The molecule has 0 fully saturated rings. The first-order valence-electron chi connectivity index (χ1n) is 13.1. The molecule has 3 aromatic carbocycles. The Bertz CT molecular complexity index is 1330. The van der Waals surface area contributed by atoms with E-state index in [0.29, 0.717) is 30.8 Å². The standard InChI is InChI=1S/C30H37N3O5S/c1-5-28(30(35)31-6-2)32(21-20-24-10-8-7-9-11-24)29(34)22-33(25-14-12-23(3)13-15-25)39(36,37)27-18-16-26(38-4)17-19-27/h7-19,28H,5-6,20-22H2,1-4H3,(H,31,35)/t28-/m1/s1. The molecule has 39 heavy (non-hydrogen) atoms. The molecule has 0 unspecified atom stereocenters. The first-order chi connectivity index (χ1) is 18.7. The molecule has 1 atom stereocenters. The second kappa shape index (κ2) is 13.8. The van der Waals surface area contributed by atoms with E-state index in [1.807, 2.05) is 51.1 Å². The molecule has 0 saturated heterocycles. The first-order valence-corrected chi connectivity index (χ1v) is 14.5. The van der Waals surface area contributed by atoms with E-state index in [1.165, 1.54) is 24.1 Å². The van der Waals surface area contributed by atoms with Crippen molar-refractivity contribution in [1.29, 1.82) is 0 Å². The topological polar surface area (TPSA) is 96.0 Å². The van der Waals surface area contributed by atoms with Gasteiger partial charge in [-0.3, -0.25) is 13.9 Å². The summed E-state index contributed by atoms with van der Waals surface area (Å²) in [7, 11) is -2.62. The summed E-state index contributed by atoms with van der Waals surface area (Å²) >= 11 is 0. The zero-order valence-corrected chi connectivity index (χ0v) is 23.8. The maximum absolute atomic E-state index is 13.9. The molecule has 8 nitrogen and oxygen atoms in total. The smallest absolute Gasteiger partial charge is 0.264 e.